The Morgan fingerprint density at radius 2 is 0.864 bits per heavy atom. The van der Waals surface area contributed by atoms with Crippen LogP contribution in [0.2, 0.25) is 0 Å². The van der Waals surface area contributed by atoms with Crippen molar-refractivity contribution in [1.82, 2.24) is 0 Å². The summed E-state index contributed by atoms with van der Waals surface area (Å²) >= 11 is 3.82. The van der Waals surface area contributed by atoms with Crippen LogP contribution in [0.5, 0.6) is 0 Å². The van der Waals surface area contributed by atoms with Gasteiger partial charge in [-0.1, -0.05) is 153 Å². The van der Waals surface area contributed by atoms with E-state index in [1.165, 1.54) is 128 Å². The maximum atomic E-state index is 2.49. The fraction of sp³-hybridized carbons (Fsp3) is 0.0526. The lowest BCUT2D eigenvalue weighted by atomic mass is 9.80. The molecule has 0 radical (unpaired) electrons. The molecule has 2 heterocycles. The molecular weight excluding hydrogens is 749 g/mol. The molecule has 1 aliphatic rings. The predicted molar refractivity (Wildman–Crippen MR) is 259 cm³/mol. The fourth-order valence-corrected chi connectivity index (χ4v) is 12.7. The minimum absolute atomic E-state index is 0.167. The summed E-state index contributed by atoms with van der Waals surface area (Å²) in [5.74, 6) is 0. The molecule has 0 bridgehead atoms. The third kappa shape index (κ3) is 4.76. The van der Waals surface area contributed by atoms with Crippen molar-refractivity contribution in [2.45, 2.75) is 19.3 Å². The molecular formula is C57H36S2. The summed E-state index contributed by atoms with van der Waals surface area (Å²) in [6.45, 7) is 4.82. The van der Waals surface area contributed by atoms with E-state index in [0.29, 0.717) is 0 Å². The van der Waals surface area contributed by atoms with Crippen LogP contribution >= 0.6 is 22.7 Å². The van der Waals surface area contributed by atoms with Gasteiger partial charge in [0.2, 0.25) is 0 Å². The first-order valence-electron chi connectivity index (χ1n) is 20.5. The van der Waals surface area contributed by atoms with Crippen molar-refractivity contribution in [2.24, 2.45) is 0 Å². The molecule has 0 amide bonds. The van der Waals surface area contributed by atoms with Crippen LogP contribution in [0.4, 0.5) is 0 Å². The van der Waals surface area contributed by atoms with E-state index in [1.807, 2.05) is 22.7 Å². The van der Waals surface area contributed by atoms with Gasteiger partial charge in [0.15, 0.2) is 0 Å². The number of hydrogen-bond donors (Lipinski definition) is 0. The fourth-order valence-electron chi connectivity index (χ4n) is 10.4. The van der Waals surface area contributed by atoms with Gasteiger partial charge in [-0.05, 0) is 125 Å². The van der Waals surface area contributed by atoms with Crippen molar-refractivity contribution in [3.63, 3.8) is 0 Å². The standard InChI is InChI=1S/C57H36S2/c1-57(2)49-29-35(34-23-27-52-47(28-34)48-32-46-36(31-53(48)58-52)21-26-45-40-14-10-11-19-51(40)59-56(45)46)20-24-38(49)39-25-22-37(30-50(39)57)55-43-17-8-6-15-41(43)54(33-12-4-3-5-13-33)42-16-7-9-18-44(42)55/h3-32H,1-2H3. The molecule has 0 spiro atoms. The van der Waals surface area contributed by atoms with Crippen LogP contribution in [-0.4, -0.2) is 0 Å². The highest BCUT2D eigenvalue weighted by molar-refractivity contribution is 7.27. The molecule has 2 aromatic heterocycles. The van der Waals surface area contributed by atoms with Crippen molar-refractivity contribution < 1.29 is 0 Å². The molecule has 13 rings (SSSR count). The molecule has 0 fully saturated rings. The number of hydrogen-bond acceptors (Lipinski definition) is 2. The average molecular weight is 785 g/mol. The first-order valence-corrected chi connectivity index (χ1v) is 22.1. The highest BCUT2D eigenvalue weighted by atomic mass is 32.1. The second-order valence-electron chi connectivity index (χ2n) is 16.8. The van der Waals surface area contributed by atoms with Gasteiger partial charge in [-0.25, -0.2) is 0 Å². The SMILES string of the molecule is CC1(C)c2cc(-c3ccc4sc5cc6ccc7c8ccccc8sc7c6cc5c4c3)ccc2-c2ccc(-c3c4ccccc4c(-c4ccccc4)c4ccccc34)cc21. The molecule has 276 valence electrons. The lowest BCUT2D eigenvalue weighted by Crippen LogP contribution is -2.15. The summed E-state index contributed by atoms with van der Waals surface area (Å²) in [6, 6.07) is 68.6. The molecule has 0 saturated carbocycles. The minimum atomic E-state index is -0.167. The molecule has 10 aromatic carbocycles. The minimum Gasteiger partial charge on any atom is -0.135 e. The Bertz CT molecular complexity index is 3690. The molecule has 2 heteroatoms. The highest BCUT2D eigenvalue weighted by Gasteiger charge is 2.36. The van der Waals surface area contributed by atoms with E-state index in [1.54, 1.807) is 0 Å². The van der Waals surface area contributed by atoms with Crippen LogP contribution < -0.4 is 0 Å². The maximum Gasteiger partial charge on any atom is 0.0434 e. The number of rotatable bonds is 3. The zero-order valence-corrected chi connectivity index (χ0v) is 34.3. The first kappa shape index (κ1) is 33.4. The Kier molecular flexibility index (Phi) is 6.92. The van der Waals surface area contributed by atoms with Gasteiger partial charge in [-0.2, -0.15) is 0 Å². The first-order chi connectivity index (χ1) is 29.0. The van der Waals surface area contributed by atoms with Crippen LogP contribution in [0.25, 0.3) is 117 Å². The van der Waals surface area contributed by atoms with E-state index in [0.717, 1.165) is 0 Å². The van der Waals surface area contributed by atoms with Crippen LogP contribution in [-0.2, 0) is 5.41 Å². The molecule has 0 nitrogen and oxygen atoms in total. The predicted octanol–water partition coefficient (Wildman–Crippen LogP) is 17.2. The smallest absolute Gasteiger partial charge is 0.0434 e. The summed E-state index contributed by atoms with van der Waals surface area (Å²) < 4.78 is 5.42. The van der Waals surface area contributed by atoms with Gasteiger partial charge in [-0.3, -0.25) is 0 Å². The molecule has 0 aliphatic heterocycles. The van der Waals surface area contributed by atoms with Gasteiger partial charge in [0, 0.05) is 51.1 Å². The van der Waals surface area contributed by atoms with Crippen molar-refractivity contribution in [3.05, 3.63) is 193 Å². The zero-order valence-electron chi connectivity index (χ0n) is 32.6. The lowest BCUT2D eigenvalue weighted by molar-refractivity contribution is 0.661. The molecule has 0 N–H and O–H groups in total. The van der Waals surface area contributed by atoms with E-state index in [2.05, 4.69) is 196 Å². The molecule has 1 aliphatic carbocycles. The van der Waals surface area contributed by atoms with Crippen molar-refractivity contribution in [3.8, 4) is 44.5 Å². The Balaban J connectivity index is 0.935. The van der Waals surface area contributed by atoms with Crippen LogP contribution in [0.3, 0.4) is 0 Å². The van der Waals surface area contributed by atoms with Gasteiger partial charge < -0.3 is 0 Å². The van der Waals surface area contributed by atoms with Crippen LogP contribution in [0.1, 0.15) is 25.0 Å². The van der Waals surface area contributed by atoms with Gasteiger partial charge in [-0.15, -0.1) is 22.7 Å². The molecule has 59 heavy (non-hydrogen) atoms. The van der Waals surface area contributed by atoms with Gasteiger partial charge in [0.1, 0.15) is 0 Å². The Labute approximate surface area is 350 Å². The molecule has 12 aromatic rings. The van der Waals surface area contributed by atoms with Crippen molar-refractivity contribution in [1.29, 1.82) is 0 Å². The maximum absolute atomic E-state index is 2.49. The second-order valence-corrected chi connectivity index (χ2v) is 18.9. The number of thiophene rings is 2. The summed E-state index contributed by atoms with van der Waals surface area (Å²) in [5, 5.41) is 13.2. The number of fused-ring (bicyclic) bond motifs is 13. The zero-order chi connectivity index (χ0) is 39.0. The van der Waals surface area contributed by atoms with Crippen molar-refractivity contribution >= 4 is 95.3 Å². The third-order valence-corrected chi connectivity index (χ3v) is 15.6. The highest BCUT2D eigenvalue weighted by Crippen LogP contribution is 2.52. The summed E-state index contributed by atoms with van der Waals surface area (Å²) in [4.78, 5) is 0. The average Bonchev–Trinajstić information content (AvgIpc) is 3.91. The van der Waals surface area contributed by atoms with Crippen molar-refractivity contribution in [2.75, 3.05) is 0 Å². The molecule has 0 atom stereocenters. The molecule has 0 unspecified atom stereocenters. The van der Waals surface area contributed by atoms with Gasteiger partial charge in [0.05, 0.1) is 0 Å². The van der Waals surface area contributed by atoms with Gasteiger partial charge >= 0.3 is 0 Å². The second kappa shape index (κ2) is 12.2. The third-order valence-electron chi connectivity index (χ3n) is 13.2. The number of benzene rings is 10. The Morgan fingerprint density at radius 1 is 0.322 bits per heavy atom. The topological polar surface area (TPSA) is 0 Å². The van der Waals surface area contributed by atoms with E-state index in [9.17, 15) is 0 Å². The summed E-state index contributed by atoms with van der Waals surface area (Å²) in [5.41, 5.74) is 13.0. The Hall–Kier alpha value is -6.58. The summed E-state index contributed by atoms with van der Waals surface area (Å²) in [7, 11) is 0. The Morgan fingerprint density at radius 3 is 1.58 bits per heavy atom. The largest absolute Gasteiger partial charge is 0.135 e. The lowest BCUT2D eigenvalue weighted by Gasteiger charge is -2.23. The van der Waals surface area contributed by atoms with Crippen LogP contribution in [0, 0.1) is 0 Å². The van der Waals surface area contributed by atoms with E-state index >= 15 is 0 Å². The van der Waals surface area contributed by atoms with Crippen LogP contribution in [0.15, 0.2) is 182 Å². The quantitative estimate of drug-likeness (QED) is 0.157. The van der Waals surface area contributed by atoms with Gasteiger partial charge in [0.25, 0.3) is 0 Å². The molecule has 0 saturated heterocycles. The van der Waals surface area contributed by atoms with E-state index in [-0.39, 0.29) is 5.41 Å². The monoisotopic (exact) mass is 784 g/mol. The van der Waals surface area contributed by atoms with E-state index in [4.69, 9.17) is 0 Å². The van der Waals surface area contributed by atoms with E-state index < -0.39 is 0 Å². The summed E-state index contributed by atoms with van der Waals surface area (Å²) in [6.07, 6.45) is 0. The normalized spacial score (nSPS) is 13.4.